The van der Waals surface area contributed by atoms with E-state index in [0.717, 1.165) is 5.69 Å². The Morgan fingerprint density at radius 1 is 1.21 bits per heavy atom. The number of anilines is 1. The number of hydrogen-bond acceptors (Lipinski definition) is 7. The van der Waals surface area contributed by atoms with E-state index in [1.165, 1.54) is 19.1 Å². The van der Waals surface area contributed by atoms with Crippen LogP contribution in [0, 0.1) is 6.92 Å². The Bertz CT molecular complexity index is 1150. The molecule has 0 unspecified atom stereocenters. The molecule has 9 heteroatoms. The number of carbonyl (C=O) groups excluding carboxylic acids is 3. The van der Waals surface area contributed by atoms with Crippen LogP contribution in [0.5, 0.6) is 11.5 Å². The number of hydrogen-bond donors (Lipinski definition) is 1. The first kappa shape index (κ1) is 18.5. The topological polar surface area (TPSA) is 108 Å². The number of rotatable bonds is 5. The number of aryl methyl sites for hydroxylation is 1. The van der Waals surface area contributed by atoms with Crippen LogP contribution >= 0.6 is 0 Å². The fourth-order valence-electron chi connectivity index (χ4n) is 2.97. The molecule has 0 atom stereocenters. The monoisotopic (exact) mass is 395 g/mol. The summed E-state index contributed by atoms with van der Waals surface area (Å²) in [5, 5.41) is 2.57. The third-order valence-corrected chi connectivity index (χ3v) is 4.41. The number of nitrogens with zero attached hydrogens (tertiary/aromatic N) is 2. The number of Topliss-reactive ketones (excluding diaryl/α,β-unsaturated/α-hetero) is 1. The number of amides is 1. The summed E-state index contributed by atoms with van der Waals surface area (Å²) >= 11 is 0. The van der Waals surface area contributed by atoms with Crippen molar-refractivity contribution in [3.63, 3.8) is 0 Å². The minimum atomic E-state index is -0.722. The first-order valence-corrected chi connectivity index (χ1v) is 8.78. The van der Waals surface area contributed by atoms with E-state index in [1.807, 2.05) is 19.1 Å². The van der Waals surface area contributed by atoms with E-state index in [0.29, 0.717) is 17.1 Å². The maximum absolute atomic E-state index is 12.3. The van der Waals surface area contributed by atoms with Crippen LogP contribution in [0.15, 0.2) is 36.5 Å². The van der Waals surface area contributed by atoms with E-state index < -0.39 is 18.5 Å². The van der Waals surface area contributed by atoms with Gasteiger partial charge >= 0.3 is 5.97 Å². The number of aromatic nitrogens is 2. The minimum Gasteiger partial charge on any atom is -0.454 e. The smallest absolute Gasteiger partial charge is 0.359 e. The predicted octanol–water partition coefficient (Wildman–Crippen LogP) is 2.37. The fourth-order valence-corrected chi connectivity index (χ4v) is 2.97. The van der Waals surface area contributed by atoms with Crippen molar-refractivity contribution in [3.05, 3.63) is 53.5 Å². The lowest BCUT2D eigenvalue weighted by molar-refractivity contribution is -0.119. The van der Waals surface area contributed by atoms with Crippen molar-refractivity contribution in [3.8, 4) is 11.5 Å². The van der Waals surface area contributed by atoms with Crippen LogP contribution in [0.1, 0.15) is 33.5 Å². The van der Waals surface area contributed by atoms with Crippen LogP contribution in [0.2, 0.25) is 0 Å². The molecule has 0 aliphatic carbocycles. The molecule has 3 aromatic rings. The lowest BCUT2D eigenvalue weighted by Crippen LogP contribution is -2.22. The van der Waals surface area contributed by atoms with Crippen molar-refractivity contribution in [2.75, 3.05) is 18.7 Å². The summed E-state index contributed by atoms with van der Waals surface area (Å²) in [6.07, 6.45) is 1.55. The molecule has 2 aromatic heterocycles. The highest BCUT2D eigenvalue weighted by Crippen LogP contribution is 2.37. The average Bonchev–Trinajstić information content (AvgIpc) is 3.32. The van der Waals surface area contributed by atoms with E-state index in [1.54, 1.807) is 16.7 Å². The van der Waals surface area contributed by atoms with E-state index in [2.05, 4.69) is 10.3 Å². The van der Waals surface area contributed by atoms with Crippen LogP contribution in [-0.4, -0.2) is 40.4 Å². The van der Waals surface area contributed by atoms with E-state index in [-0.39, 0.29) is 29.5 Å². The lowest BCUT2D eigenvalue weighted by atomic mass is 10.1. The predicted molar refractivity (Wildman–Crippen MR) is 101 cm³/mol. The first-order chi connectivity index (χ1) is 13.9. The van der Waals surface area contributed by atoms with Crippen molar-refractivity contribution in [2.45, 2.75) is 13.8 Å². The van der Waals surface area contributed by atoms with Crippen LogP contribution in [0.3, 0.4) is 0 Å². The summed E-state index contributed by atoms with van der Waals surface area (Å²) in [5.41, 5.74) is 2.13. The molecule has 29 heavy (non-hydrogen) atoms. The molecule has 0 spiro atoms. The molecule has 4 rings (SSSR count). The van der Waals surface area contributed by atoms with Crippen molar-refractivity contribution in [1.82, 2.24) is 9.38 Å². The molecule has 0 saturated heterocycles. The average molecular weight is 395 g/mol. The molecule has 1 aliphatic heterocycles. The second-order valence-corrected chi connectivity index (χ2v) is 6.45. The van der Waals surface area contributed by atoms with Crippen molar-refractivity contribution < 1.29 is 28.6 Å². The highest BCUT2D eigenvalue weighted by atomic mass is 16.7. The second kappa shape index (κ2) is 7.27. The number of imidazole rings is 1. The zero-order valence-electron chi connectivity index (χ0n) is 15.7. The van der Waals surface area contributed by atoms with Crippen molar-refractivity contribution >= 4 is 29.0 Å². The Labute approximate surface area is 165 Å². The fraction of sp³-hybridized carbons (Fsp3) is 0.200. The summed E-state index contributed by atoms with van der Waals surface area (Å²) < 4.78 is 17.3. The molecular formula is C20H17N3O6. The molecule has 148 valence electrons. The van der Waals surface area contributed by atoms with E-state index >= 15 is 0 Å². The van der Waals surface area contributed by atoms with Gasteiger partial charge in [-0.3, -0.25) is 9.59 Å². The number of ketones is 1. The van der Waals surface area contributed by atoms with Gasteiger partial charge in [-0.2, -0.15) is 0 Å². The summed E-state index contributed by atoms with van der Waals surface area (Å²) in [4.78, 5) is 40.6. The summed E-state index contributed by atoms with van der Waals surface area (Å²) in [6.45, 7) is 2.77. The van der Waals surface area contributed by atoms with Gasteiger partial charge in [0, 0.05) is 23.5 Å². The highest BCUT2D eigenvalue weighted by molar-refractivity contribution is 6.05. The van der Waals surface area contributed by atoms with Crippen molar-refractivity contribution in [1.29, 1.82) is 0 Å². The Morgan fingerprint density at radius 2 is 1.97 bits per heavy atom. The quantitative estimate of drug-likeness (QED) is 0.522. The standard InChI is InChI=1S/C20H17N3O6/c1-11-4-3-5-18-21-15(8-23(11)18)20(26)27-9-19(25)22-14-7-17-16(28-10-29-17)6-13(14)12(2)24/h3-8H,9-10H2,1-2H3,(H,22,25). The SMILES string of the molecule is CC(=O)c1cc2c(cc1NC(=O)COC(=O)c1cn3c(C)cccc3n1)OCO2. The van der Waals surface area contributed by atoms with Gasteiger partial charge in [0.05, 0.1) is 5.69 Å². The Kier molecular flexibility index (Phi) is 4.63. The molecular weight excluding hydrogens is 378 g/mol. The molecule has 0 radical (unpaired) electrons. The zero-order valence-corrected chi connectivity index (χ0v) is 15.7. The number of benzene rings is 1. The van der Waals surface area contributed by atoms with Gasteiger partial charge in [-0.1, -0.05) is 6.07 Å². The lowest BCUT2D eigenvalue weighted by Gasteiger charge is -2.10. The van der Waals surface area contributed by atoms with Crippen LogP contribution in [-0.2, 0) is 9.53 Å². The molecule has 1 aliphatic rings. The van der Waals surface area contributed by atoms with Gasteiger partial charge in [-0.15, -0.1) is 0 Å². The number of pyridine rings is 1. The van der Waals surface area contributed by atoms with Gasteiger partial charge < -0.3 is 23.9 Å². The van der Waals surface area contributed by atoms with E-state index in [9.17, 15) is 14.4 Å². The maximum Gasteiger partial charge on any atom is 0.359 e. The number of carbonyl (C=O) groups is 3. The second-order valence-electron chi connectivity index (χ2n) is 6.45. The van der Waals surface area contributed by atoms with Crippen LogP contribution in [0.25, 0.3) is 5.65 Å². The summed E-state index contributed by atoms with van der Waals surface area (Å²) in [6, 6.07) is 8.49. The van der Waals surface area contributed by atoms with Crippen molar-refractivity contribution in [2.24, 2.45) is 0 Å². The molecule has 0 saturated carbocycles. The summed E-state index contributed by atoms with van der Waals surface area (Å²) in [7, 11) is 0. The molecule has 1 amide bonds. The van der Waals surface area contributed by atoms with E-state index in [4.69, 9.17) is 14.2 Å². The zero-order chi connectivity index (χ0) is 20.5. The number of esters is 1. The highest BCUT2D eigenvalue weighted by Gasteiger charge is 2.21. The minimum absolute atomic E-state index is 0.0418. The third-order valence-electron chi connectivity index (χ3n) is 4.41. The number of fused-ring (bicyclic) bond motifs is 2. The number of ether oxygens (including phenoxy) is 3. The number of nitrogens with one attached hydrogen (secondary N) is 1. The normalized spacial score (nSPS) is 12.1. The third kappa shape index (κ3) is 3.62. The molecule has 9 nitrogen and oxygen atoms in total. The molecule has 1 aromatic carbocycles. The summed E-state index contributed by atoms with van der Waals surface area (Å²) in [5.74, 6) is -0.722. The largest absolute Gasteiger partial charge is 0.454 e. The Balaban J connectivity index is 1.44. The molecule has 0 fully saturated rings. The molecule has 3 heterocycles. The van der Waals surface area contributed by atoms with Gasteiger partial charge in [0.2, 0.25) is 6.79 Å². The van der Waals surface area contributed by atoms with Crippen LogP contribution in [0.4, 0.5) is 5.69 Å². The van der Waals surface area contributed by atoms with Gasteiger partial charge in [0.15, 0.2) is 29.6 Å². The first-order valence-electron chi connectivity index (χ1n) is 8.78. The van der Waals surface area contributed by atoms with Gasteiger partial charge in [-0.05, 0) is 32.0 Å². The van der Waals surface area contributed by atoms with Gasteiger partial charge in [0.1, 0.15) is 5.65 Å². The maximum atomic E-state index is 12.3. The van der Waals surface area contributed by atoms with Gasteiger partial charge in [-0.25, -0.2) is 9.78 Å². The Hall–Kier alpha value is -3.88. The van der Waals surface area contributed by atoms with Crippen LogP contribution < -0.4 is 14.8 Å². The Morgan fingerprint density at radius 3 is 2.69 bits per heavy atom. The van der Waals surface area contributed by atoms with Gasteiger partial charge in [0.25, 0.3) is 5.91 Å². The molecule has 1 N–H and O–H groups in total. The molecule has 0 bridgehead atoms.